The summed E-state index contributed by atoms with van der Waals surface area (Å²) in [5.74, 6) is 1.06. The van der Waals surface area contributed by atoms with Crippen molar-refractivity contribution < 1.29 is 1.43 Å². The molecule has 1 N–H and O–H groups in total. The zero-order valence-corrected chi connectivity index (χ0v) is 5.19. The molecule has 1 heterocycles. The van der Waals surface area contributed by atoms with Gasteiger partial charge < -0.3 is 5.32 Å². The number of fused-ring (bicyclic) bond motifs is 1. The van der Waals surface area contributed by atoms with Crippen LogP contribution < -0.4 is 5.32 Å². The SMILES string of the molecule is C1CC2CCNC2C1.[HH]. The summed E-state index contributed by atoms with van der Waals surface area (Å²) in [4.78, 5) is 0. The lowest BCUT2D eigenvalue weighted by atomic mass is 10.1. The minimum absolute atomic E-state index is 0. The molecule has 2 unspecified atom stereocenters. The predicted octanol–water partition coefficient (Wildman–Crippen LogP) is 1.39. The Kier molecular flexibility index (Phi) is 1.04. The Morgan fingerprint density at radius 2 is 2.25 bits per heavy atom. The minimum Gasteiger partial charge on any atom is -0.314 e. The maximum absolute atomic E-state index is 3.52. The van der Waals surface area contributed by atoms with Gasteiger partial charge in [0.15, 0.2) is 0 Å². The fraction of sp³-hybridized carbons (Fsp3) is 1.00. The van der Waals surface area contributed by atoms with Gasteiger partial charge in [-0.1, -0.05) is 6.42 Å². The van der Waals surface area contributed by atoms with Crippen LogP contribution in [0.15, 0.2) is 0 Å². The number of hydrogen-bond donors (Lipinski definition) is 1. The second kappa shape index (κ2) is 1.73. The van der Waals surface area contributed by atoms with Gasteiger partial charge in [0.25, 0.3) is 0 Å². The van der Waals surface area contributed by atoms with Gasteiger partial charge in [-0.15, -0.1) is 0 Å². The lowest BCUT2D eigenvalue weighted by molar-refractivity contribution is 0.518. The van der Waals surface area contributed by atoms with Crippen molar-refractivity contribution >= 4 is 0 Å². The van der Waals surface area contributed by atoms with E-state index in [1.807, 2.05) is 0 Å². The maximum Gasteiger partial charge on any atom is 0.00958 e. The highest BCUT2D eigenvalue weighted by Crippen LogP contribution is 2.31. The molecule has 0 radical (unpaired) electrons. The van der Waals surface area contributed by atoms with E-state index >= 15 is 0 Å². The molecule has 1 saturated heterocycles. The Labute approximate surface area is 52.0 Å². The number of rotatable bonds is 0. The van der Waals surface area contributed by atoms with Gasteiger partial charge in [0.2, 0.25) is 0 Å². The molecule has 0 spiro atoms. The van der Waals surface area contributed by atoms with E-state index in [0.29, 0.717) is 0 Å². The molecule has 1 saturated carbocycles. The zero-order valence-electron chi connectivity index (χ0n) is 5.19. The van der Waals surface area contributed by atoms with E-state index < -0.39 is 0 Å². The molecule has 1 aliphatic heterocycles. The van der Waals surface area contributed by atoms with Gasteiger partial charge in [0.1, 0.15) is 0 Å². The van der Waals surface area contributed by atoms with Gasteiger partial charge in [0.05, 0.1) is 0 Å². The van der Waals surface area contributed by atoms with Crippen LogP contribution in [0.3, 0.4) is 0 Å². The van der Waals surface area contributed by atoms with Gasteiger partial charge >= 0.3 is 0 Å². The van der Waals surface area contributed by atoms with Crippen molar-refractivity contribution in [2.24, 2.45) is 5.92 Å². The van der Waals surface area contributed by atoms with E-state index in [0.717, 1.165) is 12.0 Å². The highest BCUT2D eigenvalue weighted by molar-refractivity contribution is 4.88. The number of hydrogen-bond acceptors (Lipinski definition) is 1. The standard InChI is InChI=1S/C7H13N.H2/c1-2-6-4-5-8-7(6)3-1;/h6-8H,1-5H2;1H. The van der Waals surface area contributed by atoms with Gasteiger partial charge in [0, 0.05) is 7.47 Å². The van der Waals surface area contributed by atoms with Gasteiger partial charge in [-0.2, -0.15) is 0 Å². The van der Waals surface area contributed by atoms with Gasteiger partial charge in [-0.25, -0.2) is 0 Å². The van der Waals surface area contributed by atoms with Crippen molar-refractivity contribution in [1.82, 2.24) is 5.32 Å². The molecule has 0 aromatic rings. The molecule has 48 valence electrons. The Bertz CT molecular complexity index is 74.9. The third-order valence-electron chi connectivity index (χ3n) is 2.58. The van der Waals surface area contributed by atoms with Crippen molar-refractivity contribution in [3.63, 3.8) is 0 Å². The topological polar surface area (TPSA) is 12.0 Å². The third kappa shape index (κ3) is 0.576. The fourth-order valence-corrected chi connectivity index (χ4v) is 2.11. The summed E-state index contributed by atoms with van der Waals surface area (Å²) >= 11 is 0. The minimum atomic E-state index is 0. The molecule has 0 aromatic heterocycles. The summed E-state index contributed by atoms with van der Waals surface area (Å²) < 4.78 is 0. The van der Waals surface area contributed by atoms with Crippen molar-refractivity contribution in [3.8, 4) is 0 Å². The average molecular weight is 113 g/mol. The fourth-order valence-electron chi connectivity index (χ4n) is 2.11. The molecule has 0 amide bonds. The van der Waals surface area contributed by atoms with Crippen LogP contribution in [0.25, 0.3) is 0 Å². The first-order valence-electron chi connectivity index (χ1n) is 3.70. The molecule has 8 heavy (non-hydrogen) atoms. The zero-order chi connectivity index (χ0) is 5.40. The molecule has 1 nitrogen and oxygen atoms in total. The third-order valence-corrected chi connectivity index (χ3v) is 2.58. The molecular weight excluding hydrogens is 98.1 g/mol. The highest BCUT2D eigenvalue weighted by Gasteiger charge is 2.30. The summed E-state index contributed by atoms with van der Waals surface area (Å²) in [7, 11) is 0. The van der Waals surface area contributed by atoms with E-state index in [1.165, 1.54) is 32.2 Å². The summed E-state index contributed by atoms with van der Waals surface area (Å²) in [6, 6.07) is 0.926. The Morgan fingerprint density at radius 3 is 3.12 bits per heavy atom. The van der Waals surface area contributed by atoms with Crippen LogP contribution in [0, 0.1) is 5.92 Å². The summed E-state index contributed by atoms with van der Waals surface area (Å²) in [5, 5.41) is 3.52. The smallest absolute Gasteiger partial charge is 0.00958 e. The number of nitrogens with one attached hydrogen (secondary N) is 1. The second-order valence-electron chi connectivity index (χ2n) is 3.04. The Balaban J connectivity index is 0.000000405. The Hall–Kier alpha value is -0.0400. The molecule has 2 aliphatic rings. The van der Waals surface area contributed by atoms with Crippen LogP contribution in [0.2, 0.25) is 0 Å². The Morgan fingerprint density at radius 1 is 1.25 bits per heavy atom. The van der Waals surface area contributed by atoms with E-state index in [4.69, 9.17) is 0 Å². The molecule has 2 atom stereocenters. The van der Waals surface area contributed by atoms with Crippen LogP contribution in [0.5, 0.6) is 0 Å². The molecule has 0 bridgehead atoms. The van der Waals surface area contributed by atoms with Crippen molar-refractivity contribution in [2.75, 3.05) is 6.54 Å². The second-order valence-corrected chi connectivity index (χ2v) is 3.04. The molecule has 0 aromatic carbocycles. The molecule has 2 fully saturated rings. The first-order valence-corrected chi connectivity index (χ1v) is 3.70. The molecule has 1 aliphatic carbocycles. The van der Waals surface area contributed by atoms with E-state index in [-0.39, 0.29) is 1.43 Å². The molecule has 1 heteroatoms. The average Bonchev–Trinajstić information content (AvgIpc) is 2.15. The lowest BCUT2D eigenvalue weighted by Crippen LogP contribution is -2.21. The van der Waals surface area contributed by atoms with Crippen LogP contribution in [0.1, 0.15) is 27.1 Å². The normalized spacial score (nSPS) is 45.0. The summed E-state index contributed by atoms with van der Waals surface area (Å²) in [5.41, 5.74) is 0. The van der Waals surface area contributed by atoms with Crippen molar-refractivity contribution in [2.45, 2.75) is 31.7 Å². The van der Waals surface area contributed by atoms with E-state index in [9.17, 15) is 0 Å². The quantitative estimate of drug-likeness (QED) is 0.500. The largest absolute Gasteiger partial charge is 0.314 e. The summed E-state index contributed by atoms with van der Waals surface area (Å²) in [6.07, 6.45) is 5.87. The van der Waals surface area contributed by atoms with Crippen LogP contribution in [-0.2, 0) is 0 Å². The van der Waals surface area contributed by atoms with E-state index in [2.05, 4.69) is 5.32 Å². The van der Waals surface area contributed by atoms with Gasteiger partial charge in [-0.3, -0.25) is 0 Å². The molecule has 2 rings (SSSR count). The maximum atomic E-state index is 3.52. The van der Waals surface area contributed by atoms with Gasteiger partial charge in [-0.05, 0) is 31.7 Å². The van der Waals surface area contributed by atoms with Crippen molar-refractivity contribution in [3.05, 3.63) is 0 Å². The highest BCUT2D eigenvalue weighted by atomic mass is 15.0. The predicted molar refractivity (Wildman–Crippen MR) is 35.9 cm³/mol. The van der Waals surface area contributed by atoms with Crippen molar-refractivity contribution in [1.29, 1.82) is 0 Å². The molecular formula is C7H15N. The first kappa shape index (κ1) is 4.80. The summed E-state index contributed by atoms with van der Waals surface area (Å²) in [6.45, 7) is 1.29. The van der Waals surface area contributed by atoms with E-state index in [1.54, 1.807) is 0 Å². The van der Waals surface area contributed by atoms with Crippen LogP contribution in [-0.4, -0.2) is 12.6 Å². The lowest BCUT2D eigenvalue weighted by Gasteiger charge is -2.05. The first-order chi connectivity index (χ1) is 3.97. The van der Waals surface area contributed by atoms with Crippen LogP contribution >= 0.6 is 0 Å². The van der Waals surface area contributed by atoms with Crippen LogP contribution in [0.4, 0.5) is 0 Å². The monoisotopic (exact) mass is 113 g/mol.